The summed E-state index contributed by atoms with van der Waals surface area (Å²) in [6, 6.07) is 18.0. The zero-order valence-electron chi connectivity index (χ0n) is 33.9. The second kappa shape index (κ2) is 22.7. The first-order chi connectivity index (χ1) is 28.5. The van der Waals surface area contributed by atoms with Gasteiger partial charge in [-0.25, -0.2) is 4.39 Å². The topological polar surface area (TPSA) is 96.3 Å². The zero-order valence-corrected chi connectivity index (χ0v) is 33.9. The number of carboxylic acids is 1. The van der Waals surface area contributed by atoms with E-state index in [-0.39, 0.29) is 18.1 Å². The van der Waals surface area contributed by atoms with Crippen LogP contribution in [0.25, 0.3) is 0 Å². The van der Waals surface area contributed by atoms with Crippen LogP contribution in [0.15, 0.2) is 66.7 Å². The Morgan fingerprint density at radius 2 is 1.12 bits per heavy atom. The quantitative estimate of drug-likeness (QED) is 0.180. The molecule has 8 heteroatoms. The van der Waals surface area contributed by atoms with Crippen molar-refractivity contribution in [3.63, 3.8) is 0 Å². The molecule has 1 amide bonds. The number of halogens is 1. The fourth-order valence-corrected chi connectivity index (χ4v) is 6.43. The molecule has 1 saturated heterocycles. The number of nitrogens with zero attached hydrogens (tertiary/aromatic N) is 1. The SMILES string of the molecule is CC#CC#CC#CC#CC#CC#CC#CC.CCC(CC)CC1(O)CCN(C(=O)Cc2cc(Oc3ccc(F)cc3)cc(Oc3ccc(C4(C(=O)O)CC4)cc3)c2)CC1. The van der Waals surface area contributed by atoms with E-state index in [0.717, 1.165) is 24.8 Å². The zero-order chi connectivity index (χ0) is 42.5. The number of rotatable bonds is 12. The number of hydrogen-bond donors (Lipinski definition) is 2. The van der Waals surface area contributed by atoms with Gasteiger partial charge in [0.05, 0.1) is 17.4 Å². The summed E-state index contributed by atoms with van der Waals surface area (Å²) in [6.07, 6.45) is 5.34. The molecule has 1 saturated carbocycles. The minimum atomic E-state index is -0.814. The highest BCUT2D eigenvalue weighted by molar-refractivity contribution is 5.85. The van der Waals surface area contributed by atoms with Crippen molar-refractivity contribution in [2.45, 2.75) is 90.1 Å². The lowest BCUT2D eigenvalue weighted by Crippen LogP contribution is -2.47. The summed E-state index contributed by atoms with van der Waals surface area (Å²) >= 11 is 0. The highest BCUT2D eigenvalue weighted by atomic mass is 19.1. The summed E-state index contributed by atoms with van der Waals surface area (Å²) in [5, 5.41) is 20.7. The Morgan fingerprint density at radius 3 is 1.53 bits per heavy atom. The van der Waals surface area contributed by atoms with Gasteiger partial charge in [0, 0.05) is 19.2 Å². The van der Waals surface area contributed by atoms with E-state index in [1.807, 2.05) is 4.90 Å². The van der Waals surface area contributed by atoms with E-state index in [9.17, 15) is 24.2 Å². The summed E-state index contributed by atoms with van der Waals surface area (Å²) in [4.78, 5) is 26.9. The summed E-state index contributed by atoms with van der Waals surface area (Å²) < 4.78 is 25.6. The molecule has 7 nitrogen and oxygen atoms in total. The molecule has 298 valence electrons. The molecule has 2 aliphatic rings. The number of amides is 1. The second-order valence-corrected chi connectivity index (χ2v) is 14.1. The summed E-state index contributed by atoms with van der Waals surface area (Å²) in [5.74, 6) is 36.7. The van der Waals surface area contributed by atoms with Crippen LogP contribution < -0.4 is 9.47 Å². The molecule has 1 aliphatic heterocycles. The monoisotopic (exact) mass is 787 g/mol. The molecule has 0 aromatic heterocycles. The minimum absolute atomic E-state index is 0.0396. The van der Waals surface area contributed by atoms with Crippen LogP contribution in [0.2, 0.25) is 0 Å². The van der Waals surface area contributed by atoms with Crippen molar-refractivity contribution in [2.24, 2.45) is 5.92 Å². The highest BCUT2D eigenvalue weighted by Gasteiger charge is 2.51. The van der Waals surface area contributed by atoms with Crippen molar-refractivity contribution < 1.29 is 33.7 Å². The van der Waals surface area contributed by atoms with Gasteiger partial charge in [0.15, 0.2) is 0 Å². The number of carboxylic acid groups (broad SMARTS) is 1. The van der Waals surface area contributed by atoms with Gasteiger partial charge in [-0.3, -0.25) is 9.59 Å². The Kier molecular flexibility index (Phi) is 17.2. The fraction of sp³-hybridized carbons (Fsp3) is 0.333. The Labute approximate surface area is 348 Å². The van der Waals surface area contributed by atoms with E-state index in [4.69, 9.17) is 9.47 Å². The van der Waals surface area contributed by atoms with Crippen molar-refractivity contribution >= 4 is 11.9 Å². The van der Waals surface area contributed by atoms with Gasteiger partial charge in [-0.2, -0.15) is 0 Å². The van der Waals surface area contributed by atoms with Gasteiger partial charge in [0.1, 0.15) is 28.8 Å². The first-order valence-corrected chi connectivity index (χ1v) is 19.5. The van der Waals surface area contributed by atoms with Crippen molar-refractivity contribution in [3.8, 4) is 106 Å². The molecule has 2 fully saturated rings. The average Bonchev–Trinajstić information content (AvgIpc) is 4.05. The molecule has 59 heavy (non-hydrogen) atoms. The van der Waals surface area contributed by atoms with Crippen molar-refractivity contribution in [3.05, 3.63) is 83.7 Å². The van der Waals surface area contributed by atoms with E-state index >= 15 is 0 Å². The van der Waals surface area contributed by atoms with Crippen molar-refractivity contribution in [1.29, 1.82) is 0 Å². The summed E-state index contributed by atoms with van der Waals surface area (Å²) in [5.41, 5.74) is -0.0825. The largest absolute Gasteiger partial charge is 0.481 e. The molecule has 5 rings (SSSR count). The van der Waals surface area contributed by atoms with Crippen LogP contribution in [0, 0.1) is 94.6 Å². The Hall–Kier alpha value is -6.99. The van der Waals surface area contributed by atoms with Crippen molar-refractivity contribution in [2.75, 3.05) is 13.1 Å². The van der Waals surface area contributed by atoms with Gasteiger partial charge in [-0.1, -0.05) is 50.7 Å². The predicted molar refractivity (Wildman–Crippen MR) is 227 cm³/mol. The number of ether oxygens (including phenoxy) is 2. The normalized spacial score (nSPS) is 13.4. The molecular formula is C51H46FNO6. The van der Waals surface area contributed by atoms with E-state index in [1.54, 1.807) is 56.3 Å². The maximum absolute atomic E-state index is 13.4. The molecule has 0 atom stereocenters. The van der Waals surface area contributed by atoms with Crippen LogP contribution in [0.1, 0.15) is 83.8 Å². The lowest BCUT2D eigenvalue weighted by atomic mass is 9.81. The molecule has 1 heterocycles. The fourth-order valence-electron chi connectivity index (χ4n) is 6.43. The van der Waals surface area contributed by atoms with Crippen LogP contribution in [0.3, 0.4) is 0 Å². The van der Waals surface area contributed by atoms with E-state index < -0.39 is 17.0 Å². The van der Waals surface area contributed by atoms with Crippen LogP contribution in [0.5, 0.6) is 23.0 Å². The third-order valence-electron chi connectivity index (χ3n) is 9.95. The molecule has 0 bridgehead atoms. The second-order valence-electron chi connectivity index (χ2n) is 14.1. The maximum Gasteiger partial charge on any atom is 0.314 e. The molecule has 3 aromatic carbocycles. The number of aliphatic carboxylic acids is 1. The molecule has 3 aromatic rings. The third-order valence-corrected chi connectivity index (χ3v) is 9.95. The van der Waals surface area contributed by atoms with Gasteiger partial charge < -0.3 is 24.6 Å². The lowest BCUT2D eigenvalue weighted by molar-refractivity contribution is -0.140. The van der Waals surface area contributed by atoms with Gasteiger partial charge >= 0.3 is 5.97 Å². The van der Waals surface area contributed by atoms with E-state index in [1.165, 1.54) is 24.3 Å². The van der Waals surface area contributed by atoms with Crippen LogP contribution in [-0.4, -0.2) is 45.7 Å². The van der Waals surface area contributed by atoms with Crippen LogP contribution in [0.4, 0.5) is 4.39 Å². The number of piperidine rings is 1. The summed E-state index contributed by atoms with van der Waals surface area (Å²) in [6.45, 7) is 8.74. The molecule has 0 unspecified atom stereocenters. The van der Waals surface area contributed by atoms with Gasteiger partial charge in [-0.05, 0) is 183 Å². The number of hydrogen-bond acceptors (Lipinski definition) is 5. The predicted octanol–water partition coefficient (Wildman–Crippen LogP) is 8.30. The minimum Gasteiger partial charge on any atom is -0.481 e. The van der Waals surface area contributed by atoms with E-state index in [2.05, 4.69) is 96.7 Å². The summed E-state index contributed by atoms with van der Waals surface area (Å²) in [7, 11) is 0. The number of likely N-dealkylation sites (tertiary alicyclic amines) is 1. The molecule has 1 aliphatic carbocycles. The van der Waals surface area contributed by atoms with Gasteiger partial charge in [0.25, 0.3) is 0 Å². The lowest BCUT2D eigenvalue weighted by Gasteiger charge is -2.40. The molecule has 2 N–H and O–H groups in total. The number of aliphatic hydroxyl groups is 1. The first-order valence-electron chi connectivity index (χ1n) is 19.5. The number of carbonyl (C=O) groups excluding carboxylic acids is 1. The van der Waals surface area contributed by atoms with Gasteiger partial charge in [-0.15, -0.1) is 0 Å². The van der Waals surface area contributed by atoms with E-state index in [0.29, 0.717) is 73.3 Å². The first kappa shape index (κ1) is 44.7. The maximum atomic E-state index is 13.4. The third kappa shape index (κ3) is 14.5. The molecule has 0 spiro atoms. The van der Waals surface area contributed by atoms with Crippen LogP contribution in [-0.2, 0) is 21.4 Å². The standard InChI is InChI=1S/C35H40FNO6.C16H6/c1-3-24(4-2)23-34(41)15-17-37(18-16-34)32(38)21-25-19-30(22-31(20-25)43-29-11-7-27(36)8-12-29)42-28-9-5-26(6-10-28)35(13-14-35)33(39)40;1-3-5-7-9-11-13-15-16-14-12-10-8-6-4-2/h5-12,19-20,22,24,41H,3-4,13-18,21,23H2,1-2H3,(H,39,40);1-2H3. The van der Waals surface area contributed by atoms with Crippen LogP contribution >= 0.6 is 0 Å². The van der Waals surface area contributed by atoms with Gasteiger partial charge in [0.2, 0.25) is 5.91 Å². The number of carbonyl (C=O) groups is 2. The Morgan fingerprint density at radius 1 is 0.678 bits per heavy atom. The Bertz CT molecular complexity index is 2350. The number of benzene rings is 3. The average molecular weight is 788 g/mol. The molecular weight excluding hydrogens is 742 g/mol. The molecule has 0 radical (unpaired) electrons. The highest BCUT2D eigenvalue weighted by Crippen LogP contribution is 2.48. The Balaban J connectivity index is 0.000000408. The van der Waals surface area contributed by atoms with Crippen molar-refractivity contribution in [1.82, 2.24) is 4.90 Å². The smallest absolute Gasteiger partial charge is 0.314 e.